The van der Waals surface area contributed by atoms with Crippen LogP contribution in [0.2, 0.25) is 0 Å². The van der Waals surface area contributed by atoms with Gasteiger partial charge in [0, 0.05) is 6.42 Å². The molecule has 0 atom stereocenters. The normalized spacial score (nSPS) is 10.6. The number of hydrogen-bond donors (Lipinski definition) is 2. The predicted octanol–water partition coefficient (Wildman–Crippen LogP) is 1.99. The largest absolute Gasteiger partial charge is 0.493 e. The summed E-state index contributed by atoms with van der Waals surface area (Å²) in [7, 11) is 0. The number of hydrogen-bond acceptors (Lipinski definition) is 5. The van der Waals surface area contributed by atoms with Gasteiger partial charge in [-0.05, 0) is 31.0 Å². The van der Waals surface area contributed by atoms with Crippen molar-refractivity contribution in [2.24, 2.45) is 0 Å². The van der Waals surface area contributed by atoms with E-state index in [9.17, 15) is 14.0 Å². The van der Waals surface area contributed by atoms with Gasteiger partial charge in [-0.1, -0.05) is 0 Å². The van der Waals surface area contributed by atoms with E-state index in [1.807, 2.05) is 0 Å². The summed E-state index contributed by atoms with van der Waals surface area (Å²) in [5.41, 5.74) is 1.21. The van der Waals surface area contributed by atoms with Gasteiger partial charge in [0.25, 0.3) is 0 Å². The standard InChI is InChI=1S/C14H14FNO5/c15-9-4-5-11-10(7-9)12(8-14(18)21-11)20-6-2-1-3-13(17)16-19/h4-5,7-8,19H,1-3,6H2,(H,16,17). The summed E-state index contributed by atoms with van der Waals surface area (Å²) in [6, 6.07) is 4.95. The van der Waals surface area contributed by atoms with E-state index < -0.39 is 17.3 Å². The number of unbranched alkanes of at least 4 members (excludes halogenated alkanes) is 1. The fourth-order valence-electron chi connectivity index (χ4n) is 1.85. The second-order valence-electron chi connectivity index (χ2n) is 4.41. The Morgan fingerprint density at radius 2 is 2.14 bits per heavy atom. The first-order valence-corrected chi connectivity index (χ1v) is 6.39. The second kappa shape index (κ2) is 6.85. The number of fused-ring (bicyclic) bond motifs is 1. The van der Waals surface area contributed by atoms with Crippen LogP contribution in [-0.2, 0) is 4.79 Å². The first kappa shape index (κ1) is 15.0. The molecule has 0 unspecified atom stereocenters. The summed E-state index contributed by atoms with van der Waals surface area (Å²) in [6.45, 7) is 0.258. The lowest BCUT2D eigenvalue weighted by Crippen LogP contribution is -2.18. The molecule has 1 amide bonds. The van der Waals surface area contributed by atoms with E-state index in [2.05, 4.69) is 0 Å². The van der Waals surface area contributed by atoms with Crippen LogP contribution in [0.3, 0.4) is 0 Å². The molecule has 0 aliphatic heterocycles. The van der Waals surface area contributed by atoms with Crippen LogP contribution < -0.4 is 15.8 Å². The third kappa shape index (κ3) is 4.03. The third-order valence-electron chi connectivity index (χ3n) is 2.85. The van der Waals surface area contributed by atoms with Gasteiger partial charge < -0.3 is 9.15 Å². The van der Waals surface area contributed by atoms with Crippen molar-refractivity contribution in [2.45, 2.75) is 19.3 Å². The Hall–Kier alpha value is -2.41. The molecule has 2 N–H and O–H groups in total. The lowest BCUT2D eigenvalue weighted by molar-refractivity contribution is -0.129. The van der Waals surface area contributed by atoms with Crippen molar-refractivity contribution in [3.8, 4) is 5.75 Å². The Kier molecular flexibility index (Phi) is 4.89. The molecule has 1 heterocycles. The van der Waals surface area contributed by atoms with Crippen LogP contribution in [0.25, 0.3) is 11.0 Å². The summed E-state index contributed by atoms with van der Waals surface area (Å²) in [4.78, 5) is 22.2. The van der Waals surface area contributed by atoms with Crippen LogP contribution in [0.5, 0.6) is 5.75 Å². The lowest BCUT2D eigenvalue weighted by atomic mass is 10.2. The van der Waals surface area contributed by atoms with Crippen molar-refractivity contribution in [3.63, 3.8) is 0 Å². The van der Waals surface area contributed by atoms with Gasteiger partial charge in [0.1, 0.15) is 17.1 Å². The minimum Gasteiger partial charge on any atom is -0.493 e. The summed E-state index contributed by atoms with van der Waals surface area (Å²) >= 11 is 0. The van der Waals surface area contributed by atoms with E-state index in [4.69, 9.17) is 14.4 Å². The second-order valence-corrected chi connectivity index (χ2v) is 4.41. The highest BCUT2D eigenvalue weighted by atomic mass is 19.1. The maximum absolute atomic E-state index is 13.2. The average molecular weight is 295 g/mol. The molecule has 2 rings (SSSR count). The molecule has 0 aliphatic carbocycles. The Morgan fingerprint density at radius 3 is 2.90 bits per heavy atom. The highest BCUT2D eigenvalue weighted by molar-refractivity contribution is 5.83. The van der Waals surface area contributed by atoms with Crippen molar-refractivity contribution in [1.29, 1.82) is 0 Å². The van der Waals surface area contributed by atoms with Crippen LogP contribution in [0, 0.1) is 5.82 Å². The molecular weight excluding hydrogens is 281 g/mol. The number of rotatable bonds is 6. The van der Waals surface area contributed by atoms with Gasteiger partial charge in [-0.2, -0.15) is 0 Å². The summed E-state index contributed by atoms with van der Waals surface area (Å²) in [5, 5.41) is 8.71. The fourth-order valence-corrected chi connectivity index (χ4v) is 1.85. The molecular formula is C14H14FNO5. The molecule has 0 saturated heterocycles. The van der Waals surface area contributed by atoms with E-state index >= 15 is 0 Å². The first-order valence-electron chi connectivity index (χ1n) is 6.39. The Bertz CT molecular complexity index is 697. The topological polar surface area (TPSA) is 88.8 Å². The van der Waals surface area contributed by atoms with Gasteiger partial charge in [0.15, 0.2) is 0 Å². The van der Waals surface area contributed by atoms with Crippen LogP contribution in [-0.4, -0.2) is 17.7 Å². The van der Waals surface area contributed by atoms with Crippen molar-refractivity contribution in [3.05, 3.63) is 40.5 Å². The molecule has 21 heavy (non-hydrogen) atoms. The van der Waals surface area contributed by atoms with Gasteiger partial charge in [-0.15, -0.1) is 0 Å². The number of nitrogens with one attached hydrogen (secondary N) is 1. The van der Waals surface area contributed by atoms with Gasteiger partial charge in [-0.25, -0.2) is 14.7 Å². The number of ether oxygens (including phenoxy) is 1. The molecule has 1 aromatic carbocycles. The highest BCUT2D eigenvalue weighted by Gasteiger charge is 2.08. The van der Waals surface area contributed by atoms with Crippen molar-refractivity contribution in [2.75, 3.05) is 6.61 Å². The van der Waals surface area contributed by atoms with E-state index in [0.29, 0.717) is 18.2 Å². The van der Waals surface area contributed by atoms with E-state index in [0.717, 1.165) is 6.07 Å². The van der Waals surface area contributed by atoms with Crippen molar-refractivity contribution < 1.29 is 23.5 Å². The van der Waals surface area contributed by atoms with Crippen LogP contribution in [0.15, 0.2) is 33.5 Å². The monoisotopic (exact) mass is 295 g/mol. The number of carbonyl (C=O) groups excluding carboxylic acids is 1. The molecule has 0 saturated carbocycles. The summed E-state index contributed by atoms with van der Waals surface area (Å²) in [6.07, 6.45) is 1.23. The minimum atomic E-state index is -0.580. The van der Waals surface area contributed by atoms with Crippen LogP contribution in [0.1, 0.15) is 19.3 Å². The first-order chi connectivity index (χ1) is 10.1. The molecule has 6 nitrogen and oxygen atoms in total. The average Bonchev–Trinajstić information content (AvgIpc) is 2.47. The third-order valence-corrected chi connectivity index (χ3v) is 2.85. The molecule has 2 aromatic rings. The minimum absolute atomic E-state index is 0.173. The van der Waals surface area contributed by atoms with Crippen LogP contribution in [0.4, 0.5) is 4.39 Å². The number of amides is 1. The summed E-state index contributed by atoms with van der Waals surface area (Å²) in [5.74, 6) is -0.684. The van der Waals surface area contributed by atoms with Crippen molar-refractivity contribution >= 4 is 16.9 Å². The zero-order valence-corrected chi connectivity index (χ0v) is 11.1. The smallest absolute Gasteiger partial charge is 0.339 e. The zero-order chi connectivity index (χ0) is 15.2. The zero-order valence-electron chi connectivity index (χ0n) is 11.1. The number of hydroxylamine groups is 1. The molecule has 0 aliphatic rings. The Balaban J connectivity index is 2.03. The van der Waals surface area contributed by atoms with Crippen LogP contribution >= 0.6 is 0 Å². The molecule has 0 fully saturated rings. The van der Waals surface area contributed by atoms with E-state index in [-0.39, 0.29) is 24.4 Å². The van der Waals surface area contributed by atoms with Gasteiger partial charge >= 0.3 is 5.63 Å². The van der Waals surface area contributed by atoms with Gasteiger partial charge in [0.05, 0.1) is 18.1 Å². The van der Waals surface area contributed by atoms with E-state index in [1.54, 1.807) is 0 Å². The number of carbonyl (C=O) groups is 1. The molecule has 112 valence electrons. The SMILES string of the molecule is O=C(CCCCOc1cc(=O)oc2ccc(F)cc12)NO. The fraction of sp³-hybridized carbons (Fsp3) is 0.286. The van der Waals surface area contributed by atoms with Gasteiger partial charge in [0.2, 0.25) is 5.91 Å². The Morgan fingerprint density at radius 1 is 1.33 bits per heavy atom. The van der Waals surface area contributed by atoms with Crippen molar-refractivity contribution in [1.82, 2.24) is 5.48 Å². The molecule has 0 bridgehead atoms. The van der Waals surface area contributed by atoms with Gasteiger partial charge in [-0.3, -0.25) is 10.0 Å². The predicted molar refractivity (Wildman–Crippen MR) is 71.7 cm³/mol. The number of benzene rings is 1. The quantitative estimate of drug-likeness (QED) is 0.368. The maximum atomic E-state index is 13.2. The molecule has 1 aromatic heterocycles. The molecule has 7 heteroatoms. The number of halogens is 1. The Labute approximate surface area is 119 Å². The molecule has 0 spiro atoms. The lowest BCUT2D eigenvalue weighted by Gasteiger charge is -2.08. The van der Waals surface area contributed by atoms with E-state index in [1.165, 1.54) is 23.7 Å². The summed E-state index contributed by atoms with van der Waals surface area (Å²) < 4.78 is 23.6. The molecule has 0 radical (unpaired) electrons. The highest BCUT2D eigenvalue weighted by Crippen LogP contribution is 2.24. The maximum Gasteiger partial charge on any atom is 0.339 e.